The zero-order valence-electron chi connectivity index (χ0n) is 11.8. The van der Waals surface area contributed by atoms with Gasteiger partial charge in [0.15, 0.2) is 0 Å². The molecule has 0 nitrogen and oxygen atoms in total. The van der Waals surface area contributed by atoms with Crippen molar-refractivity contribution in [2.75, 3.05) is 0 Å². The second-order valence-corrected chi connectivity index (χ2v) is 7.25. The van der Waals surface area contributed by atoms with Crippen LogP contribution in [-0.2, 0) is 0 Å². The van der Waals surface area contributed by atoms with E-state index in [0.29, 0.717) is 0 Å². The average molecular weight is 508 g/mol. The first kappa shape index (κ1) is 15.7. The Kier molecular flexibility index (Phi) is 5.31. The molecule has 0 radical (unpaired) electrons. The highest BCUT2D eigenvalue weighted by molar-refractivity contribution is 14.1. The molecule has 0 aliphatic heterocycles. The number of hydrogen-bond donors (Lipinski definition) is 0. The fraction of sp³-hybridized carbons (Fsp3) is 0. The Balaban J connectivity index is 0.000000131. The van der Waals surface area contributed by atoms with E-state index in [0.717, 1.165) is 0 Å². The van der Waals surface area contributed by atoms with Crippen molar-refractivity contribution in [2.24, 2.45) is 0 Å². The van der Waals surface area contributed by atoms with Crippen molar-refractivity contribution >= 4 is 66.7 Å². The summed E-state index contributed by atoms with van der Waals surface area (Å²) in [7, 11) is 0. The molecule has 0 amide bonds. The van der Waals surface area contributed by atoms with Crippen LogP contribution in [-0.4, -0.2) is 0 Å². The van der Waals surface area contributed by atoms with Crippen LogP contribution in [0.1, 0.15) is 0 Å². The van der Waals surface area contributed by atoms with Crippen molar-refractivity contribution in [1.82, 2.24) is 0 Å². The predicted molar refractivity (Wildman–Crippen MR) is 113 cm³/mol. The quantitative estimate of drug-likeness (QED) is 0.227. The van der Waals surface area contributed by atoms with Crippen LogP contribution in [0.2, 0.25) is 0 Å². The molecule has 0 saturated heterocycles. The van der Waals surface area contributed by atoms with E-state index >= 15 is 0 Å². The van der Waals surface area contributed by atoms with Crippen molar-refractivity contribution in [3.05, 3.63) is 92.1 Å². The van der Waals surface area contributed by atoms with Gasteiger partial charge >= 0.3 is 0 Å². The maximum absolute atomic E-state index is 2.36. The molecule has 22 heavy (non-hydrogen) atoms. The average Bonchev–Trinajstić information content (AvgIpc) is 2.57. The van der Waals surface area contributed by atoms with Crippen LogP contribution in [0.4, 0.5) is 0 Å². The zero-order valence-corrected chi connectivity index (χ0v) is 16.2. The summed E-state index contributed by atoms with van der Waals surface area (Å²) in [4.78, 5) is 0. The van der Waals surface area contributed by atoms with Crippen LogP contribution in [0, 0.1) is 7.14 Å². The van der Waals surface area contributed by atoms with E-state index in [4.69, 9.17) is 0 Å². The number of benzene rings is 4. The molecule has 108 valence electrons. The van der Waals surface area contributed by atoms with Crippen LogP contribution < -0.4 is 0 Å². The highest BCUT2D eigenvalue weighted by atomic mass is 127. The summed E-state index contributed by atoms with van der Waals surface area (Å²) in [5.41, 5.74) is 0. The van der Waals surface area contributed by atoms with Crippen LogP contribution >= 0.6 is 45.2 Å². The standard InChI is InChI=1S/2C10H7I/c2*11-10-7-3-5-8-4-1-2-6-9(8)10/h2*1-7H. The van der Waals surface area contributed by atoms with Crippen molar-refractivity contribution in [3.8, 4) is 0 Å². The van der Waals surface area contributed by atoms with Gasteiger partial charge in [-0.2, -0.15) is 0 Å². The van der Waals surface area contributed by atoms with Gasteiger partial charge < -0.3 is 0 Å². The minimum Gasteiger partial charge on any atom is -0.0616 e. The third-order valence-electron chi connectivity index (χ3n) is 3.47. The van der Waals surface area contributed by atoms with E-state index in [1.807, 2.05) is 0 Å². The zero-order chi connectivity index (χ0) is 15.4. The summed E-state index contributed by atoms with van der Waals surface area (Å²) < 4.78 is 2.64. The highest BCUT2D eigenvalue weighted by Crippen LogP contribution is 2.20. The molecule has 4 aromatic carbocycles. The molecule has 0 bridgehead atoms. The van der Waals surface area contributed by atoms with Gasteiger partial charge in [-0.1, -0.05) is 72.8 Å². The SMILES string of the molecule is Ic1cccc2ccccc12.Ic1cccc2ccccc12. The minimum atomic E-state index is 1.32. The van der Waals surface area contributed by atoms with Crippen LogP contribution in [0.25, 0.3) is 21.5 Å². The molecule has 2 heteroatoms. The molecule has 0 heterocycles. The molecule has 0 spiro atoms. The highest BCUT2D eigenvalue weighted by Gasteiger charge is 1.94. The monoisotopic (exact) mass is 508 g/mol. The van der Waals surface area contributed by atoms with Crippen molar-refractivity contribution in [1.29, 1.82) is 0 Å². The summed E-state index contributed by atoms with van der Waals surface area (Å²) in [6.07, 6.45) is 0. The summed E-state index contributed by atoms with van der Waals surface area (Å²) >= 11 is 4.72. The molecule has 0 fully saturated rings. The van der Waals surface area contributed by atoms with E-state index in [1.54, 1.807) is 0 Å². The summed E-state index contributed by atoms with van der Waals surface area (Å²) in [5, 5.41) is 5.32. The van der Waals surface area contributed by atoms with E-state index < -0.39 is 0 Å². The Morgan fingerprint density at radius 1 is 0.409 bits per heavy atom. The first-order valence-corrected chi connectivity index (χ1v) is 9.18. The minimum absolute atomic E-state index is 1.32. The van der Waals surface area contributed by atoms with Crippen molar-refractivity contribution < 1.29 is 0 Å². The first-order valence-electron chi connectivity index (χ1n) is 7.02. The molecule has 0 unspecified atom stereocenters. The van der Waals surface area contributed by atoms with Crippen molar-refractivity contribution in [2.45, 2.75) is 0 Å². The summed E-state index contributed by atoms with van der Waals surface area (Å²) in [5.74, 6) is 0. The maximum Gasteiger partial charge on any atom is 0.0208 e. The number of fused-ring (bicyclic) bond motifs is 2. The third kappa shape index (κ3) is 3.60. The Bertz CT molecular complexity index is 825. The van der Waals surface area contributed by atoms with Gasteiger partial charge in [-0.05, 0) is 78.9 Å². The molecule has 0 aliphatic rings. The Morgan fingerprint density at radius 3 is 1.18 bits per heavy atom. The van der Waals surface area contributed by atoms with Gasteiger partial charge in [0, 0.05) is 7.14 Å². The molecule has 0 aromatic heterocycles. The second kappa shape index (κ2) is 7.42. The topological polar surface area (TPSA) is 0 Å². The number of halogens is 2. The molecule has 0 atom stereocenters. The summed E-state index contributed by atoms with van der Waals surface area (Å²) in [6.45, 7) is 0. The smallest absolute Gasteiger partial charge is 0.0208 e. The lowest BCUT2D eigenvalue weighted by molar-refractivity contribution is 1.71. The molecule has 4 aromatic rings. The Morgan fingerprint density at radius 2 is 0.773 bits per heavy atom. The van der Waals surface area contributed by atoms with Crippen molar-refractivity contribution in [3.63, 3.8) is 0 Å². The van der Waals surface area contributed by atoms with Gasteiger partial charge in [0.2, 0.25) is 0 Å². The molecular formula is C20H14I2. The maximum atomic E-state index is 2.36. The van der Waals surface area contributed by atoms with Crippen LogP contribution in [0.5, 0.6) is 0 Å². The van der Waals surface area contributed by atoms with E-state index in [1.165, 1.54) is 28.7 Å². The lowest BCUT2D eigenvalue weighted by Gasteiger charge is -1.97. The lowest BCUT2D eigenvalue weighted by Crippen LogP contribution is -1.74. The molecular weight excluding hydrogens is 494 g/mol. The van der Waals surface area contributed by atoms with Gasteiger partial charge in [-0.15, -0.1) is 0 Å². The molecule has 0 N–H and O–H groups in total. The van der Waals surface area contributed by atoms with Crippen LogP contribution in [0.3, 0.4) is 0 Å². The molecule has 4 rings (SSSR count). The van der Waals surface area contributed by atoms with Gasteiger partial charge in [0.1, 0.15) is 0 Å². The normalized spacial score (nSPS) is 10.3. The van der Waals surface area contributed by atoms with Gasteiger partial charge in [-0.3, -0.25) is 0 Å². The third-order valence-corrected chi connectivity index (χ3v) is 5.35. The Labute approximate surface area is 157 Å². The van der Waals surface area contributed by atoms with Gasteiger partial charge in [0.25, 0.3) is 0 Å². The van der Waals surface area contributed by atoms with Gasteiger partial charge in [0.05, 0.1) is 0 Å². The fourth-order valence-corrected chi connectivity index (χ4v) is 3.77. The largest absolute Gasteiger partial charge is 0.0616 e. The number of rotatable bonds is 0. The van der Waals surface area contributed by atoms with Gasteiger partial charge in [-0.25, -0.2) is 0 Å². The van der Waals surface area contributed by atoms with E-state index in [2.05, 4.69) is 130 Å². The molecule has 0 aliphatic carbocycles. The first-order chi connectivity index (χ1) is 10.8. The second-order valence-electron chi connectivity index (χ2n) is 4.92. The fourth-order valence-electron chi connectivity index (χ4n) is 2.37. The number of hydrogen-bond acceptors (Lipinski definition) is 0. The van der Waals surface area contributed by atoms with E-state index in [-0.39, 0.29) is 0 Å². The predicted octanol–water partition coefficient (Wildman–Crippen LogP) is 6.89. The van der Waals surface area contributed by atoms with Crippen LogP contribution in [0.15, 0.2) is 84.9 Å². The summed E-state index contributed by atoms with van der Waals surface area (Å²) in [6, 6.07) is 29.6. The molecule has 0 saturated carbocycles. The van der Waals surface area contributed by atoms with E-state index in [9.17, 15) is 0 Å². The lowest BCUT2D eigenvalue weighted by atomic mass is 10.1. The Hall–Kier alpha value is -1.14.